The lowest BCUT2D eigenvalue weighted by atomic mass is 10.1. The number of nitrogens with two attached hydrogens (primary N) is 1. The van der Waals surface area contributed by atoms with E-state index in [0.717, 1.165) is 22.9 Å². The van der Waals surface area contributed by atoms with Crippen LogP contribution in [0.5, 0.6) is 5.75 Å². The third-order valence-electron chi connectivity index (χ3n) is 3.82. The van der Waals surface area contributed by atoms with Crippen LogP contribution in [0.25, 0.3) is 10.9 Å². The van der Waals surface area contributed by atoms with Gasteiger partial charge in [-0.05, 0) is 37.6 Å². The van der Waals surface area contributed by atoms with Crippen LogP contribution in [0.2, 0.25) is 0 Å². The van der Waals surface area contributed by atoms with Crippen LogP contribution in [0, 0.1) is 6.92 Å². The van der Waals surface area contributed by atoms with E-state index in [0.29, 0.717) is 12.3 Å². The zero-order chi connectivity index (χ0) is 19.3. The van der Waals surface area contributed by atoms with Crippen LogP contribution in [-0.2, 0) is 23.1 Å². The van der Waals surface area contributed by atoms with Crippen LogP contribution in [0.4, 0.5) is 0 Å². The van der Waals surface area contributed by atoms with Gasteiger partial charge in [-0.25, -0.2) is 9.59 Å². The minimum Gasteiger partial charge on any atom is -0.507 e. The molecule has 1 heterocycles. The summed E-state index contributed by atoms with van der Waals surface area (Å²) in [6.45, 7) is 2.67. The van der Waals surface area contributed by atoms with Crippen molar-refractivity contribution < 1.29 is 35.1 Å². The average molecular weight is 354 g/mol. The molecule has 9 heteroatoms. The number of fused-ring (bicyclic) bond motifs is 1. The molecule has 0 bridgehead atoms. The molecule has 0 radical (unpaired) electrons. The van der Waals surface area contributed by atoms with Gasteiger partial charge in [0.1, 0.15) is 5.75 Å². The van der Waals surface area contributed by atoms with E-state index in [1.54, 1.807) is 6.07 Å². The molecular formula is C16H22N2O7. The summed E-state index contributed by atoms with van der Waals surface area (Å²) in [5, 5.41) is 43.3. The largest absolute Gasteiger partial charge is 0.507 e. The number of carbonyl (C=O) groups is 2. The molecule has 0 amide bonds. The molecule has 0 fully saturated rings. The maximum Gasteiger partial charge on any atom is 0.335 e. The molecule has 0 aliphatic carbocycles. The number of aliphatic hydroxyl groups excluding tert-OH is 2. The number of benzene rings is 1. The molecule has 2 unspecified atom stereocenters. The number of rotatable bonds is 5. The van der Waals surface area contributed by atoms with E-state index in [2.05, 4.69) is 11.5 Å². The van der Waals surface area contributed by atoms with Gasteiger partial charge < -0.3 is 35.8 Å². The summed E-state index contributed by atoms with van der Waals surface area (Å²) >= 11 is 0. The highest BCUT2D eigenvalue weighted by atomic mass is 16.4. The second-order valence-electron chi connectivity index (χ2n) is 5.40. The molecule has 7 N–H and O–H groups in total. The van der Waals surface area contributed by atoms with Gasteiger partial charge in [0.2, 0.25) is 0 Å². The summed E-state index contributed by atoms with van der Waals surface area (Å²) in [5.74, 6) is -3.19. The van der Waals surface area contributed by atoms with Crippen LogP contribution in [0.3, 0.4) is 0 Å². The van der Waals surface area contributed by atoms with Gasteiger partial charge in [-0.3, -0.25) is 0 Å². The van der Waals surface area contributed by atoms with Crippen molar-refractivity contribution in [2.24, 2.45) is 12.8 Å². The number of hydrogen-bond acceptors (Lipinski definition) is 6. The van der Waals surface area contributed by atoms with Crippen LogP contribution >= 0.6 is 0 Å². The van der Waals surface area contributed by atoms with Crippen molar-refractivity contribution in [2.75, 3.05) is 6.54 Å². The lowest BCUT2D eigenvalue weighted by Crippen LogP contribution is -2.39. The van der Waals surface area contributed by atoms with Crippen LogP contribution in [0.1, 0.15) is 11.3 Å². The molecule has 9 nitrogen and oxygen atoms in total. The second kappa shape index (κ2) is 8.47. The van der Waals surface area contributed by atoms with Gasteiger partial charge in [-0.2, -0.15) is 0 Å². The number of carboxylic acids is 2. The molecular weight excluding hydrogens is 332 g/mol. The molecule has 2 rings (SSSR count). The molecule has 0 spiro atoms. The Morgan fingerprint density at radius 1 is 1.16 bits per heavy atom. The zero-order valence-electron chi connectivity index (χ0n) is 13.9. The van der Waals surface area contributed by atoms with Crippen molar-refractivity contribution in [1.82, 2.24) is 4.57 Å². The Morgan fingerprint density at radius 3 is 2.12 bits per heavy atom. The smallest absolute Gasteiger partial charge is 0.335 e. The van der Waals surface area contributed by atoms with Crippen molar-refractivity contribution in [1.29, 1.82) is 0 Å². The Morgan fingerprint density at radius 2 is 1.68 bits per heavy atom. The number of aryl methyl sites for hydroxylation is 1. The normalized spacial score (nSPS) is 13.0. The molecule has 2 aromatic rings. The monoisotopic (exact) mass is 354 g/mol. The number of aromatic hydroxyl groups is 1. The van der Waals surface area contributed by atoms with E-state index in [1.165, 1.54) is 5.69 Å². The minimum absolute atomic E-state index is 0.347. The summed E-state index contributed by atoms with van der Waals surface area (Å²) in [6, 6.07) is 5.60. The average Bonchev–Trinajstić information content (AvgIpc) is 2.80. The Labute approximate surface area is 143 Å². The summed E-state index contributed by atoms with van der Waals surface area (Å²) < 4.78 is 2.10. The summed E-state index contributed by atoms with van der Waals surface area (Å²) in [6.07, 6.45) is -3.73. The van der Waals surface area contributed by atoms with E-state index in [-0.39, 0.29) is 0 Å². The molecule has 0 aliphatic heterocycles. The van der Waals surface area contributed by atoms with Gasteiger partial charge in [0.05, 0.1) is 5.52 Å². The fraction of sp³-hybridized carbons (Fsp3) is 0.375. The van der Waals surface area contributed by atoms with Gasteiger partial charge >= 0.3 is 11.9 Å². The fourth-order valence-electron chi connectivity index (χ4n) is 2.40. The Bertz CT molecular complexity index is 751. The number of carboxylic acid groups (broad SMARTS) is 2. The van der Waals surface area contributed by atoms with E-state index < -0.39 is 24.1 Å². The number of phenolic OH excluding ortho intramolecular Hbond substituents is 1. The van der Waals surface area contributed by atoms with Gasteiger partial charge in [0.15, 0.2) is 12.2 Å². The van der Waals surface area contributed by atoms with Crippen molar-refractivity contribution in [3.05, 3.63) is 29.5 Å². The van der Waals surface area contributed by atoms with Gasteiger partial charge in [0, 0.05) is 18.1 Å². The lowest BCUT2D eigenvalue weighted by Gasteiger charge is -2.07. The van der Waals surface area contributed by atoms with Crippen molar-refractivity contribution >= 4 is 22.8 Å². The molecule has 0 saturated carbocycles. The molecule has 0 saturated heterocycles. The lowest BCUT2D eigenvalue weighted by molar-refractivity contribution is -0.165. The first-order chi connectivity index (χ1) is 11.6. The Kier molecular flexibility index (Phi) is 6.92. The zero-order valence-corrected chi connectivity index (χ0v) is 13.9. The first-order valence-electron chi connectivity index (χ1n) is 7.41. The number of nitrogens with zero attached hydrogens (tertiary/aromatic N) is 1. The molecule has 25 heavy (non-hydrogen) atoms. The van der Waals surface area contributed by atoms with Crippen molar-refractivity contribution in [2.45, 2.75) is 25.6 Å². The van der Waals surface area contributed by atoms with E-state index in [1.807, 2.05) is 19.2 Å². The predicted molar refractivity (Wildman–Crippen MR) is 89.4 cm³/mol. The quantitative estimate of drug-likeness (QED) is 0.421. The number of phenols is 1. The molecule has 1 aromatic carbocycles. The third-order valence-corrected chi connectivity index (χ3v) is 3.82. The maximum atomic E-state index is 9.86. The highest BCUT2D eigenvalue weighted by molar-refractivity contribution is 5.91. The van der Waals surface area contributed by atoms with E-state index in [9.17, 15) is 14.7 Å². The predicted octanol–water partition coefficient (Wildman–Crippen LogP) is -0.429. The van der Waals surface area contributed by atoms with E-state index >= 15 is 0 Å². The topological polar surface area (TPSA) is 166 Å². The Balaban J connectivity index is 0.000000275. The molecule has 138 valence electrons. The maximum absolute atomic E-state index is 9.86. The first kappa shape index (κ1) is 20.4. The number of hydrogen-bond donors (Lipinski definition) is 6. The Hall–Kier alpha value is -2.62. The van der Waals surface area contributed by atoms with Crippen LogP contribution in [-0.4, -0.2) is 60.8 Å². The van der Waals surface area contributed by atoms with Gasteiger partial charge in [-0.15, -0.1) is 0 Å². The van der Waals surface area contributed by atoms with Crippen molar-refractivity contribution in [3.8, 4) is 5.75 Å². The number of aliphatic carboxylic acids is 2. The minimum atomic E-state index is -2.27. The SMILES string of the molecule is Cc1c(CCN)c2c(O)cccc2n1C.O=C(O)C(O)C(O)C(=O)O. The molecule has 0 aliphatic rings. The molecule has 1 aromatic heterocycles. The fourth-order valence-corrected chi connectivity index (χ4v) is 2.40. The number of aromatic nitrogens is 1. The van der Waals surface area contributed by atoms with Gasteiger partial charge in [0.25, 0.3) is 0 Å². The van der Waals surface area contributed by atoms with E-state index in [4.69, 9.17) is 26.2 Å². The molecule has 2 atom stereocenters. The highest BCUT2D eigenvalue weighted by Crippen LogP contribution is 2.32. The van der Waals surface area contributed by atoms with Crippen LogP contribution in [0.15, 0.2) is 18.2 Å². The second-order valence-corrected chi connectivity index (χ2v) is 5.40. The first-order valence-corrected chi connectivity index (χ1v) is 7.41. The highest BCUT2D eigenvalue weighted by Gasteiger charge is 2.29. The standard InChI is InChI=1S/C12H16N2O.C4H6O6/c1-8-9(6-7-13)12-10(14(8)2)4-3-5-11(12)15;5-1(3(7)8)2(6)4(9)10/h3-5,15H,6-7,13H2,1-2H3;1-2,5-6H,(H,7,8)(H,9,10). The summed E-state index contributed by atoms with van der Waals surface area (Å²) in [5.41, 5.74) is 8.99. The van der Waals surface area contributed by atoms with Crippen LogP contribution < -0.4 is 5.73 Å². The van der Waals surface area contributed by atoms with Crippen molar-refractivity contribution in [3.63, 3.8) is 0 Å². The summed E-state index contributed by atoms with van der Waals surface area (Å²) in [4.78, 5) is 19.5. The van der Waals surface area contributed by atoms with Gasteiger partial charge in [-0.1, -0.05) is 6.07 Å². The third kappa shape index (κ3) is 4.47. The number of aliphatic hydroxyl groups is 2. The summed E-state index contributed by atoms with van der Waals surface area (Å²) in [7, 11) is 2.01.